The van der Waals surface area contributed by atoms with Crippen molar-refractivity contribution in [2.45, 2.75) is 18.6 Å². The summed E-state index contributed by atoms with van der Waals surface area (Å²) in [5, 5.41) is 21.4. The van der Waals surface area contributed by atoms with Gasteiger partial charge in [-0.25, -0.2) is 0 Å². The number of ether oxygens (including phenoxy) is 1. The first kappa shape index (κ1) is 18.8. The predicted octanol–water partition coefficient (Wildman–Crippen LogP) is 3.41. The van der Waals surface area contributed by atoms with Gasteiger partial charge in [-0.2, -0.15) is 0 Å². The maximum absolute atomic E-state index is 12.3. The third-order valence-electron chi connectivity index (χ3n) is 3.87. The van der Waals surface area contributed by atoms with Gasteiger partial charge in [0.1, 0.15) is 11.5 Å². The third-order valence-corrected chi connectivity index (χ3v) is 4.84. The molecule has 2 aromatic carbocycles. The third kappa shape index (κ3) is 4.40. The highest BCUT2D eigenvalue weighted by Crippen LogP contribution is 2.26. The Hall–Kier alpha value is -3.00. The van der Waals surface area contributed by atoms with Crippen molar-refractivity contribution < 1.29 is 14.6 Å². The van der Waals surface area contributed by atoms with Gasteiger partial charge in [-0.1, -0.05) is 23.9 Å². The van der Waals surface area contributed by atoms with Crippen molar-refractivity contribution in [2.24, 2.45) is 0 Å². The van der Waals surface area contributed by atoms with Crippen molar-refractivity contribution in [3.8, 4) is 22.9 Å². The van der Waals surface area contributed by atoms with Crippen LogP contribution in [0.1, 0.15) is 6.92 Å². The summed E-state index contributed by atoms with van der Waals surface area (Å²) in [6.45, 7) is 2.66. The van der Waals surface area contributed by atoms with Crippen molar-refractivity contribution in [2.75, 3.05) is 18.2 Å². The summed E-state index contributed by atoms with van der Waals surface area (Å²) in [5.41, 5.74) is 1.49. The fraction of sp³-hybridized carbons (Fsp3) is 0.211. The lowest BCUT2D eigenvalue weighted by atomic mass is 10.2. The Morgan fingerprint density at radius 3 is 2.63 bits per heavy atom. The van der Waals surface area contributed by atoms with E-state index >= 15 is 0 Å². The van der Waals surface area contributed by atoms with Crippen LogP contribution in [0, 0.1) is 0 Å². The second-order valence-corrected chi connectivity index (χ2v) is 6.58. The summed E-state index contributed by atoms with van der Waals surface area (Å²) < 4.78 is 7.18. The maximum atomic E-state index is 12.3. The van der Waals surface area contributed by atoms with Gasteiger partial charge in [0.25, 0.3) is 0 Å². The molecule has 0 atom stereocenters. The van der Waals surface area contributed by atoms with Crippen LogP contribution in [0.25, 0.3) is 11.4 Å². The van der Waals surface area contributed by atoms with Crippen LogP contribution >= 0.6 is 11.8 Å². The molecular formula is C19H20N4O3S. The highest BCUT2D eigenvalue weighted by atomic mass is 32.2. The second-order valence-electron chi connectivity index (χ2n) is 5.63. The minimum absolute atomic E-state index is 0.152. The molecule has 7 nitrogen and oxygen atoms in total. The maximum Gasteiger partial charge on any atom is 0.234 e. The molecule has 0 fully saturated rings. The number of aromatic hydroxyl groups is 1. The Morgan fingerprint density at radius 1 is 1.19 bits per heavy atom. The number of para-hydroxylation sites is 2. The van der Waals surface area contributed by atoms with Crippen molar-refractivity contribution >= 4 is 23.4 Å². The minimum atomic E-state index is -0.152. The van der Waals surface area contributed by atoms with Crippen LogP contribution in [0.3, 0.4) is 0 Å². The molecule has 140 valence electrons. The van der Waals surface area contributed by atoms with Gasteiger partial charge in [-0.3, -0.25) is 4.79 Å². The number of thioether (sulfide) groups is 1. The van der Waals surface area contributed by atoms with E-state index in [1.807, 2.05) is 23.6 Å². The highest BCUT2D eigenvalue weighted by Gasteiger charge is 2.15. The Morgan fingerprint density at radius 2 is 1.93 bits per heavy atom. The number of nitrogens with zero attached hydrogens (tertiary/aromatic N) is 3. The lowest BCUT2D eigenvalue weighted by Crippen LogP contribution is -2.15. The summed E-state index contributed by atoms with van der Waals surface area (Å²) in [6, 6.07) is 14.1. The van der Waals surface area contributed by atoms with Crippen LogP contribution in [0.4, 0.5) is 5.69 Å². The summed E-state index contributed by atoms with van der Waals surface area (Å²) in [6.07, 6.45) is 0. The van der Waals surface area contributed by atoms with Gasteiger partial charge in [0.05, 0.1) is 18.6 Å². The van der Waals surface area contributed by atoms with Gasteiger partial charge < -0.3 is 19.7 Å². The van der Waals surface area contributed by atoms with E-state index in [4.69, 9.17) is 4.74 Å². The molecule has 0 saturated carbocycles. The quantitative estimate of drug-likeness (QED) is 0.607. The fourth-order valence-electron chi connectivity index (χ4n) is 2.57. The zero-order valence-electron chi connectivity index (χ0n) is 15.0. The zero-order valence-corrected chi connectivity index (χ0v) is 15.9. The minimum Gasteiger partial charge on any atom is -0.508 e. The van der Waals surface area contributed by atoms with Gasteiger partial charge in [-0.15, -0.1) is 10.2 Å². The molecule has 0 aliphatic heterocycles. The smallest absolute Gasteiger partial charge is 0.234 e. The van der Waals surface area contributed by atoms with Gasteiger partial charge in [-0.05, 0) is 43.3 Å². The Labute approximate surface area is 161 Å². The largest absolute Gasteiger partial charge is 0.508 e. The Balaban J connectivity index is 1.69. The first-order valence-corrected chi connectivity index (χ1v) is 9.39. The van der Waals surface area contributed by atoms with Crippen LogP contribution < -0.4 is 10.1 Å². The molecule has 1 heterocycles. The van der Waals surface area contributed by atoms with Crippen LogP contribution in [0.5, 0.6) is 11.5 Å². The van der Waals surface area contributed by atoms with Crippen molar-refractivity contribution in [3.63, 3.8) is 0 Å². The van der Waals surface area contributed by atoms with E-state index < -0.39 is 0 Å². The van der Waals surface area contributed by atoms with E-state index in [1.54, 1.807) is 43.5 Å². The van der Waals surface area contributed by atoms with Crippen LogP contribution in [0.2, 0.25) is 0 Å². The lowest BCUT2D eigenvalue weighted by molar-refractivity contribution is -0.113. The van der Waals surface area contributed by atoms with E-state index in [2.05, 4.69) is 15.5 Å². The molecule has 0 spiro atoms. The van der Waals surface area contributed by atoms with E-state index in [9.17, 15) is 9.90 Å². The fourth-order valence-corrected chi connectivity index (χ4v) is 3.37. The van der Waals surface area contributed by atoms with Crippen LogP contribution in [-0.4, -0.2) is 38.6 Å². The summed E-state index contributed by atoms with van der Waals surface area (Å²) >= 11 is 1.32. The number of methoxy groups -OCH3 is 1. The van der Waals surface area contributed by atoms with E-state index in [1.165, 1.54) is 11.8 Å². The molecular weight excluding hydrogens is 364 g/mol. The normalized spacial score (nSPS) is 10.6. The summed E-state index contributed by atoms with van der Waals surface area (Å²) in [4.78, 5) is 12.3. The molecule has 0 radical (unpaired) electrons. The molecule has 8 heteroatoms. The average Bonchev–Trinajstić information content (AvgIpc) is 3.10. The lowest BCUT2D eigenvalue weighted by Gasteiger charge is -2.10. The Kier molecular flexibility index (Phi) is 5.97. The first-order chi connectivity index (χ1) is 13.1. The topological polar surface area (TPSA) is 89.3 Å². The van der Waals surface area contributed by atoms with E-state index in [0.29, 0.717) is 29.0 Å². The van der Waals surface area contributed by atoms with Gasteiger partial charge >= 0.3 is 0 Å². The second kappa shape index (κ2) is 8.59. The standard InChI is InChI=1S/C19H20N4O3S/c1-3-23-18(13-8-10-14(24)11-9-13)21-22-19(23)27-12-17(25)20-15-6-4-5-7-16(15)26-2/h4-11,24H,3,12H2,1-2H3,(H,20,25). The molecule has 3 aromatic rings. The zero-order chi connectivity index (χ0) is 19.2. The van der Waals surface area contributed by atoms with E-state index in [0.717, 1.165) is 5.56 Å². The number of anilines is 1. The number of carbonyl (C=O) groups excluding carboxylic acids is 1. The van der Waals surface area contributed by atoms with E-state index in [-0.39, 0.29) is 17.4 Å². The molecule has 3 rings (SSSR count). The number of hydrogen-bond donors (Lipinski definition) is 2. The number of nitrogens with one attached hydrogen (secondary N) is 1. The van der Waals surface area contributed by atoms with Crippen LogP contribution in [0.15, 0.2) is 53.7 Å². The number of benzene rings is 2. The molecule has 1 aromatic heterocycles. The van der Waals surface area contributed by atoms with Crippen molar-refractivity contribution in [1.82, 2.24) is 14.8 Å². The van der Waals surface area contributed by atoms with Crippen molar-refractivity contribution in [3.05, 3.63) is 48.5 Å². The number of rotatable bonds is 7. The van der Waals surface area contributed by atoms with Crippen molar-refractivity contribution in [1.29, 1.82) is 0 Å². The molecule has 0 unspecified atom stereocenters. The molecule has 0 aliphatic carbocycles. The van der Waals surface area contributed by atoms with Crippen LogP contribution in [-0.2, 0) is 11.3 Å². The number of phenolic OH excluding ortho intramolecular Hbond substituents is 1. The summed E-state index contributed by atoms with van der Waals surface area (Å²) in [7, 11) is 1.56. The van der Waals surface area contributed by atoms with Gasteiger partial charge in [0.15, 0.2) is 11.0 Å². The SMILES string of the molecule is CCn1c(SCC(=O)Nc2ccccc2OC)nnc1-c1ccc(O)cc1. The van der Waals surface area contributed by atoms with Gasteiger partial charge in [0.2, 0.25) is 5.91 Å². The number of phenols is 1. The predicted molar refractivity (Wildman–Crippen MR) is 105 cm³/mol. The number of carbonyl (C=O) groups is 1. The number of aromatic nitrogens is 3. The summed E-state index contributed by atoms with van der Waals surface area (Å²) in [5.74, 6) is 1.56. The molecule has 0 aliphatic rings. The molecule has 0 saturated heterocycles. The monoisotopic (exact) mass is 384 g/mol. The number of amides is 1. The Bertz CT molecular complexity index is 925. The molecule has 1 amide bonds. The highest BCUT2D eigenvalue weighted by molar-refractivity contribution is 7.99. The molecule has 27 heavy (non-hydrogen) atoms. The first-order valence-electron chi connectivity index (χ1n) is 8.40. The number of hydrogen-bond acceptors (Lipinski definition) is 6. The molecule has 2 N–H and O–H groups in total. The average molecular weight is 384 g/mol. The molecule has 0 bridgehead atoms. The van der Waals surface area contributed by atoms with Gasteiger partial charge in [0, 0.05) is 12.1 Å².